The Hall–Kier alpha value is -3.17. The minimum absolute atomic E-state index is 0.00672. The van der Waals surface area contributed by atoms with Gasteiger partial charge in [0.15, 0.2) is 0 Å². The second-order valence-electron chi connectivity index (χ2n) is 10.4. The number of piperidine rings is 1. The number of hydrogen-bond donors (Lipinski definition) is 4. The largest absolute Gasteiger partial charge is 0.490 e. The van der Waals surface area contributed by atoms with Gasteiger partial charge in [-0.3, -0.25) is 4.79 Å². The van der Waals surface area contributed by atoms with Crippen LogP contribution in [0.15, 0.2) is 47.4 Å². The number of nitrogens with zero attached hydrogens (tertiary/aromatic N) is 1. The van der Waals surface area contributed by atoms with Gasteiger partial charge in [0.05, 0.1) is 5.02 Å². The predicted molar refractivity (Wildman–Crippen MR) is 159 cm³/mol. The summed E-state index contributed by atoms with van der Waals surface area (Å²) < 4.78 is 66.9. The van der Waals surface area contributed by atoms with Crippen molar-refractivity contribution in [2.24, 2.45) is 0 Å². The number of fused-ring (bicyclic) bond motifs is 1. The number of carbonyl (C=O) groups is 2. The molecule has 0 bridgehead atoms. The molecule has 0 aliphatic carbocycles. The Morgan fingerprint density at radius 3 is 2.34 bits per heavy atom. The van der Waals surface area contributed by atoms with Gasteiger partial charge in [-0.25, -0.2) is 18.2 Å². The summed E-state index contributed by atoms with van der Waals surface area (Å²) in [6.07, 6.45) is -3.51. The van der Waals surface area contributed by atoms with Crippen LogP contribution in [-0.4, -0.2) is 61.2 Å². The Balaban J connectivity index is 0.000000676. The van der Waals surface area contributed by atoms with E-state index in [0.29, 0.717) is 16.8 Å². The van der Waals surface area contributed by atoms with Gasteiger partial charge < -0.3 is 20.5 Å². The van der Waals surface area contributed by atoms with E-state index >= 15 is 0 Å². The number of carboxylic acid groups (broad SMARTS) is 1. The molecule has 10 nitrogen and oxygen atoms in total. The summed E-state index contributed by atoms with van der Waals surface area (Å²) in [6, 6.07) is 12.2. The van der Waals surface area contributed by atoms with E-state index in [9.17, 15) is 26.4 Å². The number of carboxylic acids is 1. The number of sulfonamides is 1. The van der Waals surface area contributed by atoms with E-state index in [4.69, 9.17) is 37.8 Å². The third-order valence-electron chi connectivity index (χ3n) is 6.51. The lowest BCUT2D eigenvalue weighted by Gasteiger charge is -2.30. The van der Waals surface area contributed by atoms with E-state index in [1.54, 1.807) is 6.07 Å². The third kappa shape index (κ3) is 9.17. The molecule has 0 radical (unpaired) electrons. The van der Waals surface area contributed by atoms with E-state index in [-0.39, 0.29) is 27.6 Å². The molecule has 240 valence electrons. The molecule has 1 aromatic heterocycles. The van der Waals surface area contributed by atoms with E-state index in [0.717, 1.165) is 37.0 Å². The first-order valence-corrected chi connectivity index (χ1v) is 15.5. The number of ether oxygens (including phenoxy) is 1. The molecule has 4 rings (SSSR count). The Morgan fingerprint density at radius 1 is 1.09 bits per heavy atom. The van der Waals surface area contributed by atoms with Gasteiger partial charge in [0.2, 0.25) is 15.9 Å². The number of aryl methyl sites for hydroxylation is 1. The number of amides is 1. The molecule has 0 spiro atoms. The van der Waals surface area contributed by atoms with Gasteiger partial charge in [-0.05, 0) is 71.0 Å². The molecule has 44 heavy (non-hydrogen) atoms. The summed E-state index contributed by atoms with van der Waals surface area (Å²) in [7, 11) is -4.18. The first-order chi connectivity index (χ1) is 20.4. The topological polar surface area (TPSA) is 147 Å². The zero-order valence-electron chi connectivity index (χ0n) is 23.9. The van der Waals surface area contributed by atoms with Crippen molar-refractivity contribution >= 4 is 56.0 Å². The maximum absolute atomic E-state index is 13.3. The highest BCUT2D eigenvalue weighted by molar-refractivity contribution is 7.89. The van der Waals surface area contributed by atoms with Gasteiger partial charge in [0, 0.05) is 27.7 Å². The fourth-order valence-electron chi connectivity index (χ4n) is 4.17. The Kier molecular flexibility index (Phi) is 11.5. The van der Waals surface area contributed by atoms with E-state index in [2.05, 4.69) is 20.3 Å². The van der Waals surface area contributed by atoms with E-state index in [1.165, 1.54) is 26.0 Å². The molecule has 1 amide bonds. The first kappa shape index (κ1) is 35.3. The molecule has 0 atom stereocenters. The lowest BCUT2D eigenvalue weighted by atomic mass is 10.0. The van der Waals surface area contributed by atoms with Crippen LogP contribution in [0.3, 0.4) is 0 Å². The van der Waals surface area contributed by atoms with Crippen LogP contribution >= 0.6 is 23.2 Å². The summed E-state index contributed by atoms with van der Waals surface area (Å²) in [5, 5.41) is 14.4. The van der Waals surface area contributed by atoms with Crippen LogP contribution in [0.25, 0.3) is 10.9 Å². The molecule has 1 aliphatic heterocycles. The number of halogens is 5. The van der Waals surface area contributed by atoms with E-state index in [1.807, 2.05) is 31.2 Å². The fourth-order valence-corrected chi connectivity index (χ4v) is 6.43. The van der Waals surface area contributed by atoms with Crippen molar-refractivity contribution < 1.29 is 41.0 Å². The zero-order chi connectivity index (χ0) is 32.9. The molecule has 2 aromatic carbocycles. The van der Waals surface area contributed by atoms with Crippen LogP contribution < -0.4 is 20.1 Å². The molecule has 1 fully saturated rings. The predicted octanol–water partition coefficient (Wildman–Crippen LogP) is 4.99. The highest BCUT2D eigenvalue weighted by Crippen LogP contribution is 2.33. The van der Waals surface area contributed by atoms with Crippen LogP contribution in [0, 0.1) is 6.92 Å². The van der Waals surface area contributed by atoms with Crippen LogP contribution in [0.1, 0.15) is 37.9 Å². The number of para-hydroxylation sites is 1. The van der Waals surface area contributed by atoms with Crippen LogP contribution in [0.2, 0.25) is 10.0 Å². The van der Waals surface area contributed by atoms with Gasteiger partial charge in [0.25, 0.3) is 0 Å². The Bertz CT molecular complexity index is 1630. The number of pyridine rings is 1. The summed E-state index contributed by atoms with van der Waals surface area (Å²) in [6.45, 7) is 6.46. The molecule has 4 N–H and O–H groups in total. The molecule has 2 heterocycles. The molecular formula is C28H31Cl2F3N4O6S. The van der Waals surface area contributed by atoms with Gasteiger partial charge >= 0.3 is 12.1 Å². The molecule has 0 saturated carbocycles. The number of nitrogens with one attached hydrogen (secondary N) is 3. The van der Waals surface area contributed by atoms with Crippen molar-refractivity contribution in [1.82, 2.24) is 20.3 Å². The lowest BCUT2D eigenvalue weighted by molar-refractivity contribution is -0.192. The summed E-state index contributed by atoms with van der Waals surface area (Å²) >= 11 is 13.0. The van der Waals surface area contributed by atoms with Crippen LogP contribution in [0.4, 0.5) is 13.2 Å². The van der Waals surface area contributed by atoms with Gasteiger partial charge in [0.1, 0.15) is 28.3 Å². The standard InChI is InChI=1S/C26H30Cl2N4O4S.C2HF3O2/c1-16-7-8-17-5-4-6-21(24(17)30-16)36-15-19-20(27)9-10-22(23(19)28)37(34,35)32-26(2,3)25(33)31-18-11-13-29-14-12-18;3-2(4,5)1(6)7/h4-10,18,29,32H,11-15H2,1-3H3,(H,31,33);(H,6,7). The number of aliphatic carboxylic acids is 1. The fraction of sp³-hybridized carbons (Fsp3) is 0.393. The second-order valence-corrected chi connectivity index (χ2v) is 12.9. The molecular weight excluding hydrogens is 648 g/mol. The van der Waals surface area contributed by atoms with Crippen LogP contribution in [0.5, 0.6) is 5.75 Å². The second kappa shape index (κ2) is 14.3. The quantitative estimate of drug-likeness (QED) is 0.261. The Labute approximate surface area is 262 Å². The smallest absolute Gasteiger partial charge is 0.487 e. The maximum Gasteiger partial charge on any atom is 0.490 e. The zero-order valence-corrected chi connectivity index (χ0v) is 26.2. The monoisotopic (exact) mass is 678 g/mol. The van der Waals surface area contributed by atoms with Gasteiger partial charge in [-0.1, -0.05) is 41.4 Å². The molecule has 16 heteroatoms. The molecule has 1 aliphatic rings. The number of benzene rings is 2. The number of alkyl halides is 3. The van der Waals surface area contributed by atoms with Gasteiger partial charge in [-0.15, -0.1) is 0 Å². The maximum atomic E-state index is 13.3. The minimum Gasteiger partial charge on any atom is -0.487 e. The third-order valence-corrected chi connectivity index (χ3v) is 9.10. The summed E-state index contributed by atoms with van der Waals surface area (Å²) in [5.41, 5.74) is 0.427. The highest BCUT2D eigenvalue weighted by atomic mass is 35.5. The summed E-state index contributed by atoms with van der Waals surface area (Å²) in [5.74, 6) is -2.64. The van der Waals surface area contributed by atoms with Crippen molar-refractivity contribution in [3.8, 4) is 5.75 Å². The molecule has 0 unspecified atom stereocenters. The minimum atomic E-state index is -5.08. The van der Waals surface area contributed by atoms with Crippen molar-refractivity contribution in [2.45, 2.75) is 62.9 Å². The average Bonchev–Trinajstić information content (AvgIpc) is 2.92. The molecule has 3 aromatic rings. The van der Waals surface area contributed by atoms with Crippen molar-refractivity contribution in [3.05, 3.63) is 63.8 Å². The summed E-state index contributed by atoms with van der Waals surface area (Å²) in [4.78, 5) is 26.2. The van der Waals surface area contributed by atoms with E-state index < -0.39 is 33.6 Å². The normalized spacial score (nSPS) is 14.5. The number of hydrogen-bond acceptors (Lipinski definition) is 7. The van der Waals surface area contributed by atoms with Gasteiger partial charge in [-0.2, -0.15) is 17.9 Å². The SMILES string of the molecule is Cc1ccc2cccc(OCc3c(Cl)ccc(S(=O)(=O)NC(C)(C)C(=O)NC4CCNCC4)c3Cl)c2n1.O=C(O)C(F)(F)F. The van der Waals surface area contributed by atoms with Crippen LogP contribution in [-0.2, 0) is 26.2 Å². The first-order valence-electron chi connectivity index (χ1n) is 13.2. The number of aromatic nitrogens is 1. The number of rotatable bonds is 8. The van der Waals surface area contributed by atoms with Crippen molar-refractivity contribution in [2.75, 3.05) is 13.1 Å². The van der Waals surface area contributed by atoms with Crippen molar-refractivity contribution in [3.63, 3.8) is 0 Å². The Morgan fingerprint density at radius 2 is 1.73 bits per heavy atom. The number of carbonyl (C=O) groups excluding carboxylic acids is 1. The average molecular weight is 680 g/mol. The molecule has 1 saturated heterocycles. The highest BCUT2D eigenvalue weighted by Gasteiger charge is 2.38. The van der Waals surface area contributed by atoms with Crippen molar-refractivity contribution in [1.29, 1.82) is 0 Å². The lowest BCUT2D eigenvalue weighted by Crippen LogP contribution is -2.57.